The fraction of sp³-hybridized carbons (Fsp3) is 0.467. The third-order valence-electron chi connectivity index (χ3n) is 2.70. The highest BCUT2D eigenvalue weighted by Gasteiger charge is 2.13. The second kappa shape index (κ2) is 9.88. The first kappa shape index (κ1) is 17.1. The van der Waals surface area contributed by atoms with E-state index in [1.807, 2.05) is 0 Å². The molecule has 1 atom stereocenters. The van der Waals surface area contributed by atoms with Crippen molar-refractivity contribution in [1.29, 1.82) is 0 Å². The number of hydrogen-bond acceptors (Lipinski definition) is 5. The van der Waals surface area contributed by atoms with Crippen LogP contribution in [0.15, 0.2) is 18.5 Å². The second-order valence-corrected chi connectivity index (χ2v) is 4.22. The van der Waals surface area contributed by atoms with Gasteiger partial charge in [-0.3, -0.25) is 9.78 Å². The summed E-state index contributed by atoms with van der Waals surface area (Å²) in [4.78, 5) is 16.1. The van der Waals surface area contributed by atoms with Crippen LogP contribution < -0.4 is 5.32 Å². The van der Waals surface area contributed by atoms with Gasteiger partial charge in [0.05, 0.1) is 30.4 Å². The van der Waals surface area contributed by atoms with E-state index in [1.54, 1.807) is 20.3 Å². The van der Waals surface area contributed by atoms with Crippen LogP contribution in [0.2, 0.25) is 0 Å². The lowest BCUT2D eigenvalue weighted by molar-refractivity contribution is 0.0285. The van der Waals surface area contributed by atoms with Crippen LogP contribution in [0.4, 0.5) is 0 Å². The molecule has 1 heterocycles. The summed E-state index contributed by atoms with van der Waals surface area (Å²) in [5, 5.41) is 11.5. The monoisotopic (exact) mass is 292 g/mol. The minimum Gasteiger partial charge on any atom is -0.395 e. The Balaban J connectivity index is 2.72. The van der Waals surface area contributed by atoms with Crippen molar-refractivity contribution < 1.29 is 19.4 Å². The van der Waals surface area contributed by atoms with Gasteiger partial charge in [-0.1, -0.05) is 11.8 Å². The molecule has 1 aromatic heterocycles. The molecule has 114 valence electrons. The molecule has 6 heteroatoms. The first-order valence-electron chi connectivity index (χ1n) is 6.56. The zero-order valence-corrected chi connectivity index (χ0v) is 12.3. The number of hydrogen-bond donors (Lipinski definition) is 2. The molecule has 0 fully saturated rings. The number of nitrogens with zero attached hydrogens (tertiary/aromatic N) is 1. The largest absolute Gasteiger partial charge is 0.395 e. The van der Waals surface area contributed by atoms with Crippen molar-refractivity contribution in [3.05, 3.63) is 29.6 Å². The van der Waals surface area contributed by atoms with Crippen LogP contribution in [0, 0.1) is 11.8 Å². The van der Waals surface area contributed by atoms with Gasteiger partial charge in [0.2, 0.25) is 0 Å². The molecule has 0 radical (unpaired) electrons. The molecule has 1 aromatic rings. The Labute approximate surface area is 124 Å². The van der Waals surface area contributed by atoms with Crippen LogP contribution in [-0.4, -0.2) is 56.1 Å². The molecular weight excluding hydrogens is 272 g/mol. The molecule has 21 heavy (non-hydrogen) atoms. The lowest BCUT2D eigenvalue weighted by Crippen LogP contribution is -2.35. The Morgan fingerprint density at radius 1 is 1.52 bits per heavy atom. The molecule has 0 saturated carbocycles. The number of pyridine rings is 1. The lowest BCUT2D eigenvalue weighted by atomic mass is 10.1. The normalized spacial score (nSPS) is 11.4. The summed E-state index contributed by atoms with van der Waals surface area (Å²) in [6.45, 7) is 0.729. The molecule has 0 saturated heterocycles. The molecule has 0 spiro atoms. The average Bonchev–Trinajstić information content (AvgIpc) is 2.52. The summed E-state index contributed by atoms with van der Waals surface area (Å²) in [5.74, 6) is 5.36. The number of ether oxygens (including phenoxy) is 2. The fourth-order valence-corrected chi connectivity index (χ4v) is 1.60. The minimum atomic E-state index is -0.246. The van der Waals surface area contributed by atoms with Gasteiger partial charge in [-0.25, -0.2) is 0 Å². The number of aliphatic hydroxyl groups excluding tert-OH is 1. The number of aliphatic hydroxyl groups is 1. The van der Waals surface area contributed by atoms with Gasteiger partial charge >= 0.3 is 0 Å². The Kier molecular flexibility index (Phi) is 8.05. The SMILES string of the molecule is COCC(CNC(=O)c1ccncc1C#CCCO)OC. The van der Waals surface area contributed by atoms with Crippen LogP contribution in [0.5, 0.6) is 0 Å². The third-order valence-corrected chi connectivity index (χ3v) is 2.70. The summed E-state index contributed by atoms with van der Waals surface area (Å²) >= 11 is 0. The maximum Gasteiger partial charge on any atom is 0.252 e. The lowest BCUT2D eigenvalue weighted by Gasteiger charge is -2.15. The summed E-state index contributed by atoms with van der Waals surface area (Å²) in [6.07, 6.45) is 3.22. The predicted molar refractivity (Wildman–Crippen MR) is 77.8 cm³/mol. The second-order valence-electron chi connectivity index (χ2n) is 4.22. The van der Waals surface area contributed by atoms with Crippen molar-refractivity contribution in [1.82, 2.24) is 10.3 Å². The van der Waals surface area contributed by atoms with E-state index in [-0.39, 0.29) is 18.6 Å². The summed E-state index contributed by atoms with van der Waals surface area (Å²) < 4.78 is 10.2. The molecule has 0 aliphatic heterocycles. The van der Waals surface area contributed by atoms with Gasteiger partial charge in [0.1, 0.15) is 0 Å². The first-order chi connectivity index (χ1) is 10.2. The van der Waals surface area contributed by atoms with E-state index in [1.165, 1.54) is 12.4 Å². The Hall–Kier alpha value is -1.94. The maximum atomic E-state index is 12.2. The molecule has 2 N–H and O–H groups in total. The van der Waals surface area contributed by atoms with E-state index in [0.29, 0.717) is 30.7 Å². The van der Waals surface area contributed by atoms with E-state index in [0.717, 1.165) is 0 Å². The Morgan fingerprint density at radius 3 is 3.00 bits per heavy atom. The van der Waals surface area contributed by atoms with Crippen LogP contribution in [0.3, 0.4) is 0 Å². The number of aromatic nitrogens is 1. The van der Waals surface area contributed by atoms with Crippen molar-refractivity contribution in [3.63, 3.8) is 0 Å². The topological polar surface area (TPSA) is 80.7 Å². The molecular formula is C15H20N2O4. The van der Waals surface area contributed by atoms with E-state index in [9.17, 15) is 4.79 Å². The average molecular weight is 292 g/mol. The van der Waals surface area contributed by atoms with Crippen LogP contribution >= 0.6 is 0 Å². The Morgan fingerprint density at radius 2 is 2.33 bits per heavy atom. The standard InChI is InChI=1S/C15H20N2O4/c1-20-11-13(21-2)10-17-15(19)14-6-7-16-9-12(14)5-3-4-8-18/h6-7,9,13,18H,4,8,10-11H2,1-2H3,(H,17,19). The first-order valence-corrected chi connectivity index (χ1v) is 6.56. The minimum absolute atomic E-state index is 0.0126. The van der Waals surface area contributed by atoms with Crippen molar-refractivity contribution in [2.75, 3.05) is 34.0 Å². The van der Waals surface area contributed by atoms with E-state index in [2.05, 4.69) is 22.1 Å². The molecule has 0 aliphatic carbocycles. The van der Waals surface area contributed by atoms with E-state index >= 15 is 0 Å². The molecule has 1 rings (SSSR count). The van der Waals surface area contributed by atoms with Crippen molar-refractivity contribution in [2.45, 2.75) is 12.5 Å². The number of carbonyl (C=O) groups is 1. The quantitative estimate of drug-likeness (QED) is 0.702. The predicted octanol–water partition coefficient (Wildman–Crippen LogP) is 0.207. The number of amides is 1. The van der Waals surface area contributed by atoms with Gasteiger partial charge in [-0.05, 0) is 6.07 Å². The van der Waals surface area contributed by atoms with Crippen LogP contribution in [-0.2, 0) is 9.47 Å². The smallest absolute Gasteiger partial charge is 0.252 e. The fourth-order valence-electron chi connectivity index (χ4n) is 1.60. The highest BCUT2D eigenvalue weighted by molar-refractivity contribution is 5.96. The molecule has 1 unspecified atom stereocenters. The van der Waals surface area contributed by atoms with E-state index < -0.39 is 0 Å². The van der Waals surface area contributed by atoms with Gasteiger partial charge in [0.15, 0.2) is 0 Å². The molecule has 0 bridgehead atoms. The molecule has 6 nitrogen and oxygen atoms in total. The number of rotatable bonds is 7. The number of carbonyl (C=O) groups excluding carboxylic acids is 1. The molecule has 0 aromatic carbocycles. The van der Waals surface area contributed by atoms with E-state index in [4.69, 9.17) is 14.6 Å². The van der Waals surface area contributed by atoms with Gasteiger partial charge in [-0.15, -0.1) is 0 Å². The highest BCUT2D eigenvalue weighted by atomic mass is 16.5. The summed E-state index contributed by atoms with van der Waals surface area (Å²) in [5.41, 5.74) is 0.979. The highest BCUT2D eigenvalue weighted by Crippen LogP contribution is 2.05. The third kappa shape index (κ3) is 5.92. The van der Waals surface area contributed by atoms with Crippen molar-refractivity contribution >= 4 is 5.91 Å². The molecule has 1 amide bonds. The maximum absolute atomic E-state index is 12.2. The van der Waals surface area contributed by atoms with Gasteiger partial charge in [0.25, 0.3) is 5.91 Å². The van der Waals surface area contributed by atoms with Crippen molar-refractivity contribution in [2.24, 2.45) is 0 Å². The number of nitrogens with one attached hydrogen (secondary N) is 1. The zero-order valence-electron chi connectivity index (χ0n) is 12.3. The number of methoxy groups -OCH3 is 2. The van der Waals surface area contributed by atoms with Gasteiger partial charge in [0, 0.05) is 39.6 Å². The summed E-state index contributed by atoms with van der Waals surface area (Å²) in [7, 11) is 3.14. The van der Waals surface area contributed by atoms with Gasteiger partial charge < -0.3 is 19.9 Å². The van der Waals surface area contributed by atoms with Gasteiger partial charge in [-0.2, -0.15) is 0 Å². The van der Waals surface area contributed by atoms with Crippen LogP contribution in [0.1, 0.15) is 22.3 Å². The zero-order chi connectivity index (χ0) is 15.5. The van der Waals surface area contributed by atoms with Crippen molar-refractivity contribution in [3.8, 4) is 11.8 Å². The Bertz CT molecular complexity index is 508. The summed E-state index contributed by atoms with van der Waals surface area (Å²) in [6, 6.07) is 1.61. The molecule has 0 aliphatic rings. The van der Waals surface area contributed by atoms with Crippen LogP contribution in [0.25, 0.3) is 0 Å².